The number of hydrogen-bond donors (Lipinski definition) is 1. The quantitative estimate of drug-likeness (QED) is 0.691. The number of ketones is 1. The van der Waals surface area contributed by atoms with E-state index in [4.69, 9.17) is 4.55 Å². The first-order valence-corrected chi connectivity index (χ1v) is 6.70. The fourth-order valence-electron chi connectivity index (χ4n) is 1.60. The SMILES string of the molecule is O=C(c1ccccc1)c1ccc(F)c(S(=O)(=O)O)c1. The number of carbonyl (C=O) groups is 1. The van der Waals surface area contributed by atoms with Crippen molar-refractivity contribution >= 4 is 15.9 Å². The lowest BCUT2D eigenvalue weighted by Gasteiger charge is -2.04. The second-order valence-electron chi connectivity index (χ2n) is 3.82. The highest BCUT2D eigenvalue weighted by Crippen LogP contribution is 2.18. The number of benzene rings is 2. The molecular weight excluding hydrogens is 271 g/mol. The Morgan fingerprint density at radius 2 is 1.63 bits per heavy atom. The van der Waals surface area contributed by atoms with E-state index in [2.05, 4.69) is 0 Å². The Balaban J connectivity index is 2.51. The second kappa shape index (κ2) is 4.91. The highest BCUT2D eigenvalue weighted by atomic mass is 32.2. The monoisotopic (exact) mass is 280 g/mol. The predicted octanol–water partition coefficient (Wildman–Crippen LogP) is 2.30. The molecule has 0 radical (unpaired) electrons. The van der Waals surface area contributed by atoms with Gasteiger partial charge < -0.3 is 0 Å². The van der Waals surface area contributed by atoms with E-state index in [1.165, 1.54) is 6.07 Å². The molecule has 0 heterocycles. The zero-order valence-corrected chi connectivity index (χ0v) is 10.4. The second-order valence-corrected chi connectivity index (χ2v) is 5.21. The average molecular weight is 280 g/mol. The summed E-state index contributed by atoms with van der Waals surface area (Å²) in [6.45, 7) is 0. The van der Waals surface area contributed by atoms with Gasteiger partial charge in [-0.1, -0.05) is 30.3 Å². The molecule has 4 nitrogen and oxygen atoms in total. The fourth-order valence-corrected chi connectivity index (χ4v) is 2.19. The summed E-state index contributed by atoms with van der Waals surface area (Å²) in [6, 6.07) is 11.0. The van der Waals surface area contributed by atoms with Crippen LogP contribution < -0.4 is 0 Å². The van der Waals surface area contributed by atoms with Crippen LogP contribution in [-0.2, 0) is 10.1 Å². The minimum atomic E-state index is -4.70. The molecule has 0 amide bonds. The van der Waals surface area contributed by atoms with Crippen molar-refractivity contribution in [2.24, 2.45) is 0 Å². The maximum atomic E-state index is 13.3. The zero-order chi connectivity index (χ0) is 14.0. The topological polar surface area (TPSA) is 71.4 Å². The van der Waals surface area contributed by atoms with Crippen molar-refractivity contribution < 1.29 is 22.2 Å². The van der Waals surface area contributed by atoms with Gasteiger partial charge >= 0.3 is 0 Å². The maximum absolute atomic E-state index is 13.3. The molecule has 0 aliphatic carbocycles. The third-order valence-corrected chi connectivity index (χ3v) is 3.38. The van der Waals surface area contributed by atoms with Gasteiger partial charge in [-0.25, -0.2) is 4.39 Å². The Hall–Kier alpha value is -2.05. The highest BCUT2D eigenvalue weighted by molar-refractivity contribution is 7.85. The van der Waals surface area contributed by atoms with Crippen LogP contribution in [-0.4, -0.2) is 18.8 Å². The molecule has 0 aromatic heterocycles. The standard InChI is InChI=1S/C13H9FO4S/c14-11-7-6-10(8-12(11)19(16,17)18)13(15)9-4-2-1-3-5-9/h1-8H,(H,16,17,18). The molecule has 2 aromatic carbocycles. The number of rotatable bonds is 3. The lowest BCUT2D eigenvalue weighted by atomic mass is 10.0. The highest BCUT2D eigenvalue weighted by Gasteiger charge is 2.19. The van der Waals surface area contributed by atoms with Crippen molar-refractivity contribution in [2.75, 3.05) is 0 Å². The molecule has 1 N–H and O–H groups in total. The van der Waals surface area contributed by atoms with Gasteiger partial charge in [0.2, 0.25) is 0 Å². The molecule has 0 fully saturated rings. The first-order valence-electron chi connectivity index (χ1n) is 5.26. The minimum Gasteiger partial charge on any atom is -0.289 e. The molecule has 0 bridgehead atoms. The first kappa shape index (κ1) is 13.4. The summed E-state index contributed by atoms with van der Waals surface area (Å²) in [7, 11) is -4.70. The van der Waals surface area contributed by atoms with Crippen LogP contribution in [0.15, 0.2) is 53.4 Å². The van der Waals surface area contributed by atoms with E-state index >= 15 is 0 Å². The third kappa shape index (κ3) is 2.86. The minimum absolute atomic E-state index is 0.0137. The summed E-state index contributed by atoms with van der Waals surface area (Å²) in [4.78, 5) is 11.1. The molecule has 2 aromatic rings. The van der Waals surface area contributed by atoms with Crippen LogP contribution in [0.25, 0.3) is 0 Å². The lowest BCUT2D eigenvalue weighted by molar-refractivity contribution is 0.103. The number of halogens is 1. The summed E-state index contributed by atoms with van der Waals surface area (Å²) in [6.07, 6.45) is 0. The number of hydrogen-bond acceptors (Lipinski definition) is 3. The van der Waals surface area contributed by atoms with Crippen LogP contribution >= 0.6 is 0 Å². The van der Waals surface area contributed by atoms with Crippen molar-refractivity contribution in [1.82, 2.24) is 0 Å². The number of carbonyl (C=O) groups excluding carboxylic acids is 1. The maximum Gasteiger partial charge on any atom is 0.297 e. The summed E-state index contributed by atoms with van der Waals surface area (Å²) >= 11 is 0. The molecule has 0 saturated heterocycles. The van der Waals surface area contributed by atoms with Crippen molar-refractivity contribution in [3.8, 4) is 0 Å². The van der Waals surface area contributed by atoms with Crippen LogP contribution in [0, 0.1) is 5.82 Å². The van der Waals surface area contributed by atoms with Crippen molar-refractivity contribution in [3.05, 3.63) is 65.5 Å². The van der Waals surface area contributed by atoms with Gasteiger partial charge in [-0.05, 0) is 18.2 Å². The van der Waals surface area contributed by atoms with Crippen LogP contribution in [0.4, 0.5) is 4.39 Å². The van der Waals surface area contributed by atoms with E-state index in [0.29, 0.717) is 5.56 Å². The van der Waals surface area contributed by atoms with E-state index < -0.39 is 26.6 Å². The molecule has 6 heteroatoms. The van der Waals surface area contributed by atoms with E-state index in [-0.39, 0.29) is 5.56 Å². The third-order valence-electron chi connectivity index (χ3n) is 2.51. The smallest absolute Gasteiger partial charge is 0.289 e. The fraction of sp³-hybridized carbons (Fsp3) is 0. The molecule has 0 aliphatic rings. The summed E-state index contributed by atoms with van der Waals surface area (Å²) in [5, 5.41) is 0. The van der Waals surface area contributed by atoms with Gasteiger partial charge in [0.05, 0.1) is 0 Å². The van der Waals surface area contributed by atoms with Crippen LogP contribution in [0.2, 0.25) is 0 Å². The molecule has 0 saturated carbocycles. The summed E-state index contributed by atoms with van der Waals surface area (Å²) in [5.41, 5.74) is 0.329. The van der Waals surface area contributed by atoms with Gasteiger partial charge in [-0.3, -0.25) is 9.35 Å². The van der Waals surface area contributed by atoms with Gasteiger partial charge in [0.25, 0.3) is 10.1 Å². The zero-order valence-electron chi connectivity index (χ0n) is 9.58. The molecule has 98 valence electrons. The Kier molecular flexibility index (Phi) is 3.46. The Bertz CT molecular complexity index is 724. The lowest BCUT2D eigenvalue weighted by Crippen LogP contribution is -2.06. The van der Waals surface area contributed by atoms with Gasteiger partial charge in [0, 0.05) is 11.1 Å². The van der Waals surface area contributed by atoms with Gasteiger partial charge in [-0.15, -0.1) is 0 Å². The van der Waals surface area contributed by atoms with Crippen molar-refractivity contribution in [2.45, 2.75) is 4.90 Å². The Morgan fingerprint density at radius 1 is 1.00 bits per heavy atom. The Labute approximate surface area is 109 Å². The summed E-state index contributed by atoms with van der Waals surface area (Å²) in [5.74, 6) is -1.56. The van der Waals surface area contributed by atoms with Crippen molar-refractivity contribution in [3.63, 3.8) is 0 Å². The predicted molar refractivity (Wildman–Crippen MR) is 66.1 cm³/mol. The molecule has 0 unspecified atom stereocenters. The molecular formula is C13H9FO4S. The van der Waals surface area contributed by atoms with Crippen molar-refractivity contribution in [1.29, 1.82) is 0 Å². The van der Waals surface area contributed by atoms with E-state index in [9.17, 15) is 17.6 Å². The van der Waals surface area contributed by atoms with Gasteiger partial charge in [-0.2, -0.15) is 8.42 Å². The van der Waals surface area contributed by atoms with E-state index in [0.717, 1.165) is 12.1 Å². The van der Waals surface area contributed by atoms with Crippen LogP contribution in [0.3, 0.4) is 0 Å². The molecule has 0 atom stereocenters. The summed E-state index contributed by atoms with van der Waals surface area (Å²) < 4.78 is 44.1. The average Bonchev–Trinajstić information content (AvgIpc) is 2.38. The molecule has 19 heavy (non-hydrogen) atoms. The molecule has 0 spiro atoms. The molecule has 2 rings (SSSR count). The normalized spacial score (nSPS) is 11.3. The largest absolute Gasteiger partial charge is 0.297 e. The van der Waals surface area contributed by atoms with Gasteiger partial charge in [0.1, 0.15) is 10.7 Å². The van der Waals surface area contributed by atoms with E-state index in [1.807, 2.05) is 0 Å². The first-order chi connectivity index (χ1) is 8.89. The Morgan fingerprint density at radius 3 is 2.21 bits per heavy atom. The van der Waals surface area contributed by atoms with Crippen LogP contribution in [0.5, 0.6) is 0 Å². The van der Waals surface area contributed by atoms with E-state index in [1.54, 1.807) is 30.3 Å². The van der Waals surface area contributed by atoms with Gasteiger partial charge in [0.15, 0.2) is 5.78 Å². The van der Waals surface area contributed by atoms with Crippen LogP contribution in [0.1, 0.15) is 15.9 Å². The molecule has 0 aliphatic heterocycles.